The summed E-state index contributed by atoms with van der Waals surface area (Å²) < 4.78 is 11.4. The van der Waals surface area contributed by atoms with Crippen LogP contribution in [0.15, 0.2) is 0 Å². The molecule has 0 bridgehead atoms. The third-order valence-corrected chi connectivity index (χ3v) is 8.95. The first kappa shape index (κ1) is 43.9. The number of nitrogens with zero attached hydrogens (tertiary/aromatic N) is 1. The number of carbonyl (C=O) groups is 2. The van der Waals surface area contributed by atoms with E-state index >= 15 is 0 Å². The van der Waals surface area contributed by atoms with Crippen LogP contribution in [0.1, 0.15) is 201 Å². The minimum atomic E-state index is -0.0623. The average Bonchev–Trinajstić information content (AvgIpc) is 3.03. The van der Waals surface area contributed by atoms with Gasteiger partial charge in [0.25, 0.3) is 0 Å². The van der Waals surface area contributed by atoms with Gasteiger partial charge in [0.05, 0.1) is 13.2 Å². The van der Waals surface area contributed by atoms with E-state index in [0.29, 0.717) is 26.0 Å². The number of carbonyl (C=O) groups excluding carboxylic acids is 2. The summed E-state index contributed by atoms with van der Waals surface area (Å²) in [4.78, 5) is 26.9. The molecule has 6 nitrogen and oxygen atoms in total. The van der Waals surface area contributed by atoms with E-state index in [-0.39, 0.29) is 24.6 Å². The normalized spacial score (nSPS) is 11.5. The molecule has 45 heavy (non-hydrogen) atoms. The number of esters is 2. The Kier molecular flexibility index (Phi) is 34.8. The van der Waals surface area contributed by atoms with Crippen molar-refractivity contribution in [3.63, 3.8) is 0 Å². The third-order valence-electron chi connectivity index (χ3n) is 8.95. The first-order valence-electron chi connectivity index (χ1n) is 19.8. The van der Waals surface area contributed by atoms with Crippen molar-refractivity contribution in [2.24, 2.45) is 0 Å². The van der Waals surface area contributed by atoms with Crippen LogP contribution < -0.4 is 0 Å². The smallest absolute Gasteiger partial charge is 0.306 e. The van der Waals surface area contributed by atoms with Gasteiger partial charge in [-0.3, -0.25) is 9.59 Å². The number of hydrogen-bond donors (Lipinski definition) is 1. The van der Waals surface area contributed by atoms with E-state index < -0.39 is 0 Å². The highest BCUT2D eigenvalue weighted by molar-refractivity contribution is 5.69. The van der Waals surface area contributed by atoms with Crippen LogP contribution in [-0.2, 0) is 19.1 Å². The third kappa shape index (κ3) is 32.6. The van der Waals surface area contributed by atoms with E-state index in [2.05, 4.69) is 25.7 Å². The molecule has 0 radical (unpaired) electrons. The molecule has 0 aliphatic rings. The van der Waals surface area contributed by atoms with Crippen molar-refractivity contribution in [2.75, 3.05) is 32.8 Å². The standard InChI is InChI=1S/C39H77NO5/c1-4-7-10-13-15-21-28-37(29-22-16-14-11-8-5-2)45-39(43)31-23-17-18-25-32-40(34-35-41)33-26-20-24-30-38(42)44-36-27-19-12-9-6-3/h37,41H,4-36H2,1-3H3. The molecule has 0 atom stereocenters. The van der Waals surface area contributed by atoms with E-state index in [1.54, 1.807) is 0 Å². The molecule has 0 aliphatic carbocycles. The van der Waals surface area contributed by atoms with Gasteiger partial charge < -0.3 is 19.5 Å². The lowest BCUT2D eigenvalue weighted by Crippen LogP contribution is -2.29. The molecule has 0 saturated carbocycles. The fraction of sp³-hybridized carbons (Fsp3) is 0.949. The summed E-state index contributed by atoms with van der Waals surface area (Å²) in [7, 11) is 0. The van der Waals surface area contributed by atoms with Crippen LogP contribution in [0.25, 0.3) is 0 Å². The van der Waals surface area contributed by atoms with E-state index in [1.165, 1.54) is 96.3 Å². The zero-order valence-electron chi connectivity index (χ0n) is 30.4. The summed E-state index contributed by atoms with van der Waals surface area (Å²) in [6.07, 6.45) is 31.4. The summed E-state index contributed by atoms with van der Waals surface area (Å²) in [5, 5.41) is 9.49. The van der Waals surface area contributed by atoms with Gasteiger partial charge in [0.15, 0.2) is 0 Å². The van der Waals surface area contributed by atoms with Crippen LogP contribution in [0, 0.1) is 0 Å². The largest absolute Gasteiger partial charge is 0.466 e. The second kappa shape index (κ2) is 35.7. The predicted octanol–water partition coefficient (Wildman–Crippen LogP) is 10.7. The first-order valence-corrected chi connectivity index (χ1v) is 19.8. The zero-order chi connectivity index (χ0) is 33.1. The van der Waals surface area contributed by atoms with Crippen molar-refractivity contribution in [3.05, 3.63) is 0 Å². The van der Waals surface area contributed by atoms with E-state index in [4.69, 9.17) is 9.47 Å². The lowest BCUT2D eigenvalue weighted by molar-refractivity contribution is -0.150. The van der Waals surface area contributed by atoms with E-state index in [9.17, 15) is 14.7 Å². The van der Waals surface area contributed by atoms with Crippen molar-refractivity contribution in [2.45, 2.75) is 207 Å². The maximum absolute atomic E-state index is 12.7. The van der Waals surface area contributed by atoms with Crippen molar-refractivity contribution in [1.29, 1.82) is 0 Å². The Morgan fingerprint density at radius 2 is 0.933 bits per heavy atom. The van der Waals surface area contributed by atoms with Crippen LogP contribution in [0.3, 0.4) is 0 Å². The number of aliphatic hydroxyl groups excluding tert-OH is 1. The van der Waals surface area contributed by atoms with Gasteiger partial charge in [-0.25, -0.2) is 0 Å². The molecule has 268 valence electrons. The Labute approximate surface area is 280 Å². The molecular weight excluding hydrogens is 562 g/mol. The monoisotopic (exact) mass is 640 g/mol. The number of aliphatic hydroxyl groups is 1. The fourth-order valence-electron chi connectivity index (χ4n) is 5.99. The highest BCUT2D eigenvalue weighted by Crippen LogP contribution is 2.18. The van der Waals surface area contributed by atoms with Gasteiger partial charge in [-0.2, -0.15) is 0 Å². The van der Waals surface area contributed by atoms with Gasteiger partial charge in [-0.15, -0.1) is 0 Å². The van der Waals surface area contributed by atoms with Crippen LogP contribution in [-0.4, -0.2) is 60.9 Å². The van der Waals surface area contributed by atoms with Crippen LogP contribution in [0.5, 0.6) is 0 Å². The van der Waals surface area contributed by atoms with E-state index in [0.717, 1.165) is 83.7 Å². The molecule has 6 heteroatoms. The molecule has 0 amide bonds. The highest BCUT2D eigenvalue weighted by atomic mass is 16.5. The number of hydrogen-bond acceptors (Lipinski definition) is 6. The van der Waals surface area contributed by atoms with Gasteiger partial charge in [0.2, 0.25) is 0 Å². The average molecular weight is 640 g/mol. The molecule has 0 unspecified atom stereocenters. The SMILES string of the molecule is CCCCCCCCC(CCCCCCCC)OC(=O)CCCCCCN(CCO)CCCCCC(=O)OCCCCCCC. The van der Waals surface area contributed by atoms with Gasteiger partial charge in [-0.05, 0) is 70.9 Å². The molecule has 0 aromatic carbocycles. The molecule has 0 aromatic heterocycles. The van der Waals surface area contributed by atoms with Gasteiger partial charge in [-0.1, -0.05) is 130 Å². The second-order valence-electron chi connectivity index (χ2n) is 13.4. The summed E-state index contributed by atoms with van der Waals surface area (Å²) in [5.74, 6) is -0.0672. The van der Waals surface area contributed by atoms with Crippen molar-refractivity contribution < 1.29 is 24.2 Å². The predicted molar refractivity (Wildman–Crippen MR) is 191 cm³/mol. The Balaban J connectivity index is 4.06. The second-order valence-corrected chi connectivity index (χ2v) is 13.4. The zero-order valence-corrected chi connectivity index (χ0v) is 30.4. The lowest BCUT2D eigenvalue weighted by atomic mass is 10.0. The lowest BCUT2D eigenvalue weighted by Gasteiger charge is -2.21. The molecule has 0 aromatic rings. The number of ether oxygens (including phenoxy) is 2. The maximum Gasteiger partial charge on any atom is 0.306 e. The van der Waals surface area contributed by atoms with Gasteiger partial charge >= 0.3 is 11.9 Å². The minimum absolute atomic E-state index is 0.00488. The van der Waals surface area contributed by atoms with E-state index in [1.807, 2.05) is 0 Å². The first-order chi connectivity index (χ1) is 22.1. The molecule has 0 aliphatic heterocycles. The molecule has 0 spiro atoms. The summed E-state index contributed by atoms with van der Waals surface area (Å²) in [6, 6.07) is 0. The molecule has 0 saturated heterocycles. The molecule has 0 fully saturated rings. The maximum atomic E-state index is 12.7. The Hall–Kier alpha value is -1.14. The Morgan fingerprint density at radius 1 is 0.511 bits per heavy atom. The molecule has 0 rings (SSSR count). The van der Waals surface area contributed by atoms with Crippen molar-refractivity contribution >= 4 is 11.9 Å². The molecular formula is C39H77NO5. The number of rotatable bonds is 36. The summed E-state index contributed by atoms with van der Waals surface area (Å²) in [5.41, 5.74) is 0. The van der Waals surface area contributed by atoms with Crippen LogP contribution in [0.4, 0.5) is 0 Å². The van der Waals surface area contributed by atoms with Gasteiger partial charge in [0.1, 0.15) is 6.10 Å². The number of unbranched alkanes of at least 4 members (excludes halogenated alkanes) is 19. The molecule has 1 N–H and O–H groups in total. The van der Waals surface area contributed by atoms with Crippen LogP contribution in [0.2, 0.25) is 0 Å². The van der Waals surface area contributed by atoms with Crippen molar-refractivity contribution in [1.82, 2.24) is 4.90 Å². The highest BCUT2D eigenvalue weighted by Gasteiger charge is 2.14. The van der Waals surface area contributed by atoms with Crippen molar-refractivity contribution in [3.8, 4) is 0 Å². The molecule has 0 heterocycles. The summed E-state index contributed by atoms with van der Waals surface area (Å²) in [6.45, 7) is 10.1. The van der Waals surface area contributed by atoms with Crippen LogP contribution >= 0.6 is 0 Å². The van der Waals surface area contributed by atoms with Gasteiger partial charge in [0, 0.05) is 19.4 Å². The Bertz CT molecular complexity index is 613. The minimum Gasteiger partial charge on any atom is -0.466 e. The fourth-order valence-corrected chi connectivity index (χ4v) is 5.99. The quantitative estimate of drug-likeness (QED) is 0.0543. The Morgan fingerprint density at radius 3 is 1.47 bits per heavy atom. The summed E-state index contributed by atoms with van der Waals surface area (Å²) >= 11 is 0. The topological polar surface area (TPSA) is 76.1 Å².